The Hall–Kier alpha value is -2.04. The van der Waals surface area contributed by atoms with Gasteiger partial charge in [0.1, 0.15) is 6.61 Å². The van der Waals surface area contributed by atoms with Crippen molar-refractivity contribution in [3.8, 4) is 0 Å². The van der Waals surface area contributed by atoms with Gasteiger partial charge in [-0.1, -0.05) is 30.7 Å². The molecule has 1 unspecified atom stereocenters. The molecule has 1 aliphatic carbocycles. The van der Waals surface area contributed by atoms with Crippen molar-refractivity contribution >= 4 is 12.0 Å². The molecular weight excluding hydrogens is 292 g/mol. The minimum absolute atomic E-state index is 0.0688. The molecule has 0 saturated carbocycles. The van der Waals surface area contributed by atoms with Crippen LogP contribution in [0.15, 0.2) is 24.3 Å². The van der Waals surface area contributed by atoms with Crippen molar-refractivity contribution in [1.82, 2.24) is 10.2 Å². The van der Waals surface area contributed by atoms with Crippen LogP contribution >= 0.6 is 0 Å². The number of nitrogens with zero attached hydrogens (tertiary/aromatic N) is 1. The van der Waals surface area contributed by atoms with Crippen molar-refractivity contribution in [2.45, 2.75) is 44.6 Å². The first-order valence-electron chi connectivity index (χ1n) is 8.53. The first-order valence-corrected chi connectivity index (χ1v) is 8.53. The van der Waals surface area contributed by atoms with Crippen LogP contribution in [0.25, 0.3) is 0 Å². The second-order valence-corrected chi connectivity index (χ2v) is 6.27. The molecule has 5 nitrogen and oxygen atoms in total. The van der Waals surface area contributed by atoms with E-state index in [1.54, 1.807) is 4.90 Å². The molecule has 23 heavy (non-hydrogen) atoms. The van der Waals surface area contributed by atoms with Crippen LogP contribution in [0.3, 0.4) is 0 Å². The molecule has 1 aromatic carbocycles. The number of aryl methyl sites for hydroxylation is 1. The smallest absolute Gasteiger partial charge is 0.409 e. The standard InChI is InChI=1S/C18H24N2O3/c21-17(10-5-11-20-12-13-23-18(20)22)19-16-9-4-2-7-14-6-1-3-8-15(14)16/h1,3,6,8,16H,2,4-5,7,9-13H2,(H,19,21). The highest BCUT2D eigenvalue weighted by atomic mass is 16.6. The maximum absolute atomic E-state index is 12.2. The molecule has 5 heteroatoms. The minimum Gasteiger partial charge on any atom is -0.448 e. The Morgan fingerprint density at radius 3 is 3.00 bits per heavy atom. The average Bonchev–Trinajstić information content (AvgIpc) is 2.85. The predicted molar refractivity (Wildman–Crippen MR) is 87.0 cm³/mol. The molecular formula is C18H24N2O3. The van der Waals surface area contributed by atoms with Gasteiger partial charge in [-0.15, -0.1) is 0 Å². The van der Waals surface area contributed by atoms with E-state index in [1.807, 2.05) is 6.07 Å². The number of ether oxygens (including phenoxy) is 1. The van der Waals surface area contributed by atoms with E-state index < -0.39 is 0 Å². The van der Waals surface area contributed by atoms with Gasteiger partial charge < -0.3 is 15.0 Å². The third-order valence-electron chi connectivity index (χ3n) is 4.63. The van der Waals surface area contributed by atoms with Gasteiger partial charge in [-0.05, 0) is 36.8 Å². The number of cyclic esters (lactones) is 1. The van der Waals surface area contributed by atoms with Gasteiger partial charge >= 0.3 is 6.09 Å². The average molecular weight is 316 g/mol. The second kappa shape index (κ2) is 7.49. The van der Waals surface area contributed by atoms with Crippen molar-refractivity contribution in [2.75, 3.05) is 19.7 Å². The topological polar surface area (TPSA) is 58.6 Å². The third-order valence-corrected chi connectivity index (χ3v) is 4.63. The molecule has 1 N–H and O–H groups in total. The van der Waals surface area contributed by atoms with Crippen LogP contribution in [0.5, 0.6) is 0 Å². The number of carbonyl (C=O) groups excluding carboxylic acids is 2. The van der Waals surface area contributed by atoms with Gasteiger partial charge in [-0.2, -0.15) is 0 Å². The first kappa shape index (κ1) is 15.8. The zero-order chi connectivity index (χ0) is 16.1. The summed E-state index contributed by atoms with van der Waals surface area (Å²) in [6.07, 6.45) is 5.28. The summed E-state index contributed by atoms with van der Waals surface area (Å²) in [7, 11) is 0. The van der Waals surface area contributed by atoms with E-state index in [-0.39, 0.29) is 18.0 Å². The highest BCUT2D eigenvalue weighted by Gasteiger charge is 2.22. The summed E-state index contributed by atoms with van der Waals surface area (Å²) in [4.78, 5) is 25.2. The van der Waals surface area contributed by atoms with E-state index in [0.29, 0.717) is 32.5 Å². The largest absolute Gasteiger partial charge is 0.448 e. The van der Waals surface area contributed by atoms with Crippen LogP contribution in [0.2, 0.25) is 0 Å². The van der Waals surface area contributed by atoms with Gasteiger partial charge in [-0.25, -0.2) is 4.79 Å². The predicted octanol–water partition coefficient (Wildman–Crippen LogP) is 2.80. The van der Waals surface area contributed by atoms with Crippen molar-refractivity contribution in [3.05, 3.63) is 35.4 Å². The summed E-state index contributed by atoms with van der Waals surface area (Å²) in [5.41, 5.74) is 2.62. The molecule has 2 aliphatic rings. The Bertz CT molecular complexity index is 573. The summed E-state index contributed by atoms with van der Waals surface area (Å²) in [5, 5.41) is 3.18. The minimum atomic E-state index is -0.261. The summed E-state index contributed by atoms with van der Waals surface area (Å²) in [6.45, 7) is 1.69. The van der Waals surface area contributed by atoms with Crippen LogP contribution < -0.4 is 5.32 Å². The summed E-state index contributed by atoms with van der Waals surface area (Å²) in [6, 6.07) is 8.53. The fourth-order valence-electron chi connectivity index (χ4n) is 3.40. The highest BCUT2D eigenvalue weighted by molar-refractivity contribution is 5.76. The molecule has 0 aromatic heterocycles. The Morgan fingerprint density at radius 2 is 2.17 bits per heavy atom. The van der Waals surface area contributed by atoms with Gasteiger partial charge in [0.05, 0.1) is 12.6 Å². The maximum Gasteiger partial charge on any atom is 0.409 e. The van der Waals surface area contributed by atoms with E-state index in [2.05, 4.69) is 23.5 Å². The molecule has 1 aliphatic heterocycles. The van der Waals surface area contributed by atoms with E-state index in [1.165, 1.54) is 17.5 Å². The number of carbonyl (C=O) groups is 2. The van der Waals surface area contributed by atoms with E-state index in [0.717, 1.165) is 19.3 Å². The number of hydrogen-bond donors (Lipinski definition) is 1. The number of fused-ring (bicyclic) bond motifs is 1. The van der Waals surface area contributed by atoms with Crippen LogP contribution in [0, 0.1) is 0 Å². The third kappa shape index (κ3) is 4.03. The Kier molecular flexibility index (Phi) is 5.16. The van der Waals surface area contributed by atoms with Gasteiger partial charge in [0.15, 0.2) is 0 Å². The molecule has 3 rings (SSSR count). The van der Waals surface area contributed by atoms with Crippen molar-refractivity contribution < 1.29 is 14.3 Å². The van der Waals surface area contributed by atoms with Gasteiger partial charge in [0.2, 0.25) is 5.91 Å². The number of benzene rings is 1. The highest BCUT2D eigenvalue weighted by Crippen LogP contribution is 2.28. The van der Waals surface area contributed by atoms with E-state index in [4.69, 9.17) is 4.74 Å². The summed E-state index contributed by atoms with van der Waals surface area (Å²) >= 11 is 0. The molecule has 124 valence electrons. The Morgan fingerprint density at radius 1 is 1.30 bits per heavy atom. The summed E-state index contributed by atoms with van der Waals surface area (Å²) < 4.78 is 4.88. The molecule has 1 atom stereocenters. The Balaban J connectivity index is 1.50. The van der Waals surface area contributed by atoms with Crippen molar-refractivity contribution in [2.24, 2.45) is 0 Å². The van der Waals surface area contributed by atoms with E-state index >= 15 is 0 Å². The molecule has 1 heterocycles. The van der Waals surface area contributed by atoms with Crippen LogP contribution in [-0.4, -0.2) is 36.6 Å². The lowest BCUT2D eigenvalue weighted by Crippen LogP contribution is -2.30. The SMILES string of the molecule is O=C(CCCN1CCOC1=O)NC1CCCCc2ccccc21. The second-order valence-electron chi connectivity index (χ2n) is 6.27. The van der Waals surface area contributed by atoms with Gasteiger partial charge in [0, 0.05) is 13.0 Å². The molecule has 1 fully saturated rings. The fraction of sp³-hybridized carbons (Fsp3) is 0.556. The normalized spacial score (nSPS) is 20.6. The molecule has 0 spiro atoms. The number of amides is 2. The maximum atomic E-state index is 12.2. The molecule has 0 bridgehead atoms. The number of rotatable bonds is 5. The van der Waals surface area contributed by atoms with Crippen LogP contribution in [-0.2, 0) is 16.0 Å². The van der Waals surface area contributed by atoms with Crippen molar-refractivity contribution in [1.29, 1.82) is 0 Å². The van der Waals surface area contributed by atoms with Crippen LogP contribution in [0.4, 0.5) is 4.79 Å². The zero-order valence-corrected chi connectivity index (χ0v) is 13.4. The number of hydrogen-bond acceptors (Lipinski definition) is 3. The molecule has 2 amide bonds. The van der Waals surface area contributed by atoms with Gasteiger partial charge in [0.25, 0.3) is 0 Å². The van der Waals surface area contributed by atoms with Gasteiger partial charge in [-0.3, -0.25) is 4.79 Å². The lowest BCUT2D eigenvalue weighted by Gasteiger charge is -2.20. The van der Waals surface area contributed by atoms with Crippen molar-refractivity contribution in [3.63, 3.8) is 0 Å². The molecule has 1 saturated heterocycles. The quantitative estimate of drug-likeness (QED) is 0.850. The lowest BCUT2D eigenvalue weighted by atomic mass is 9.99. The number of nitrogens with one attached hydrogen (secondary N) is 1. The lowest BCUT2D eigenvalue weighted by molar-refractivity contribution is -0.122. The monoisotopic (exact) mass is 316 g/mol. The summed E-state index contributed by atoms with van der Waals surface area (Å²) in [5.74, 6) is 0.0688. The molecule has 1 aromatic rings. The zero-order valence-electron chi connectivity index (χ0n) is 13.4. The van der Waals surface area contributed by atoms with E-state index in [9.17, 15) is 9.59 Å². The van der Waals surface area contributed by atoms with Crippen LogP contribution in [0.1, 0.15) is 49.3 Å². The molecule has 0 radical (unpaired) electrons. The first-order chi connectivity index (χ1) is 11.2. The fourth-order valence-corrected chi connectivity index (χ4v) is 3.40. The Labute approximate surface area is 137 Å².